The van der Waals surface area contributed by atoms with Crippen molar-refractivity contribution in [3.05, 3.63) is 101 Å². The zero-order valence-corrected chi connectivity index (χ0v) is 14.5. The van der Waals surface area contributed by atoms with Crippen LogP contribution in [0.25, 0.3) is 16.7 Å². The Labute approximate surface area is 145 Å². The molecule has 0 radical (unpaired) electrons. The van der Waals surface area contributed by atoms with E-state index in [0.717, 1.165) is 21.2 Å². The van der Waals surface area contributed by atoms with Gasteiger partial charge < -0.3 is 4.74 Å². The first-order chi connectivity index (χ1) is 11.3. The van der Waals surface area contributed by atoms with Crippen molar-refractivity contribution in [1.82, 2.24) is 0 Å². The van der Waals surface area contributed by atoms with Crippen LogP contribution in [-0.4, -0.2) is 7.11 Å². The molecule has 0 fully saturated rings. The number of hydrogen-bond acceptors (Lipinski definition) is 1. The first-order valence-corrected chi connectivity index (χ1v) is 8.22. The summed E-state index contributed by atoms with van der Waals surface area (Å²) in [6.07, 6.45) is 1.79. The van der Waals surface area contributed by atoms with E-state index in [1.807, 2.05) is 24.3 Å². The lowest BCUT2D eigenvalue weighted by molar-refractivity contribution is 0.340. The monoisotopic (exact) mass is 364 g/mol. The number of halogens is 1. The van der Waals surface area contributed by atoms with Gasteiger partial charge in [0.15, 0.2) is 0 Å². The molecule has 0 aliphatic carbocycles. The van der Waals surface area contributed by atoms with Crippen molar-refractivity contribution in [3.8, 4) is 11.1 Å². The second kappa shape index (κ2) is 7.30. The van der Waals surface area contributed by atoms with Gasteiger partial charge in [-0.1, -0.05) is 88.7 Å². The summed E-state index contributed by atoms with van der Waals surface area (Å²) < 4.78 is 6.35. The van der Waals surface area contributed by atoms with Gasteiger partial charge in [-0.05, 0) is 28.3 Å². The van der Waals surface area contributed by atoms with E-state index in [-0.39, 0.29) is 0 Å². The predicted molar refractivity (Wildman–Crippen MR) is 100 cm³/mol. The normalized spacial score (nSPS) is 11.3. The molecule has 3 rings (SSSR count). The molecule has 0 N–H and O–H groups in total. The zero-order valence-electron chi connectivity index (χ0n) is 12.9. The zero-order chi connectivity index (χ0) is 16.1. The highest BCUT2D eigenvalue weighted by molar-refractivity contribution is 9.10. The van der Waals surface area contributed by atoms with Crippen LogP contribution in [0.3, 0.4) is 0 Å². The molecule has 0 bridgehead atoms. The Morgan fingerprint density at radius 2 is 1.39 bits per heavy atom. The molecule has 0 aliphatic heterocycles. The number of hydrogen-bond donors (Lipinski definition) is 0. The van der Waals surface area contributed by atoms with Gasteiger partial charge in [-0.2, -0.15) is 0 Å². The fourth-order valence-corrected chi connectivity index (χ4v) is 3.06. The summed E-state index contributed by atoms with van der Waals surface area (Å²) >= 11 is 3.62. The molecule has 0 atom stereocenters. The maximum absolute atomic E-state index is 5.30. The molecule has 0 saturated heterocycles. The maximum Gasteiger partial charge on any atom is 0.0909 e. The second-order valence-corrected chi connectivity index (χ2v) is 6.04. The number of ether oxygens (including phenoxy) is 1. The van der Waals surface area contributed by atoms with Gasteiger partial charge in [0, 0.05) is 10.0 Å². The molecule has 2 heteroatoms. The molecule has 1 nitrogen and oxygen atoms in total. The van der Waals surface area contributed by atoms with Crippen LogP contribution < -0.4 is 0 Å². The summed E-state index contributed by atoms with van der Waals surface area (Å²) in [5, 5.41) is 0. The van der Waals surface area contributed by atoms with Crippen LogP contribution in [0.15, 0.2) is 89.6 Å². The topological polar surface area (TPSA) is 9.23 Å². The second-order valence-electron chi connectivity index (χ2n) is 5.19. The average molecular weight is 365 g/mol. The van der Waals surface area contributed by atoms with Crippen LogP contribution in [0.4, 0.5) is 0 Å². The van der Waals surface area contributed by atoms with Crippen molar-refractivity contribution < 1.29 is 4.74 Å². The first-order valence-electron chi connectivity index (χ1n) is 7.43. The van der Waals surface area contributed by atoms with Crippen molar-refractivity contribution in [2.75, 3.05) is 7.11 Å². The quantitative estimate of drug-likeness (QED) is 0.504. The Morgan fingerprint density at radius 1 is 0.783 bits per heavy atom. The van der Waals surface area contributed by atoms with Crippen LogP contribution in [0, 0.1) is 0 Å². The molecular formula is C21H17BrO. The Balaban J connectivity index is 1.99. The minimum atomic E-state index is 1.05. The van der Waals surface area contributed by atoms with Crippen LogP contribution in [0.2, 0.25) is 0 Å². The minimum absolute atomic E-state index is 1.05. The molecule has 3 aromatic carbocycles. The third-order valence-electron chi connectivity index (χ3n) is 3.70. The summed E-state index contributed by atoms with van der Waals surface area (Å²) in [5.74, 6) is 0. The highest BCUT2D eigenvalue weighted by Crippen LogP contribution is 2.31. The number of rotatable bonds is 4. The highest BCUT2D eigenvalue weighted by Gasteiger charge is 2.09. The van der Waals surface area contributed by atoms with Crippen LogP contribution in [0.5, 0.6) is 0 Å². The minimum Gasteiger partial charge on any atom is -0.504 e. The summed E-state index contributed by atoms with van der Waals surface area (Å²) in [5.41, 5.74) is 5.72. The van der Waals surface area contributed by atoms with Gasteiger partial charge >= 0.3 is 0 Å². The van der Waals surface area contributed by atoms with E-state index in [9.17, 15) is 0 Å². The maximum atomic E-state index is 5.30. The Morgan fingerprint density at radius 3 is 2.04 bits per heavy atom. The average Bonchev–Trinajstić information content (AvgIpc) is 2.61. The van der Waals surface area contributed by atoms with Gasteiger partial charge in [0.25, 0.3) is 0 Å². The van der Waals surface area contributed by atoms with Crippen LogP contribution in [-0.2, 0) is 4.74 Å². The lowest BCUT2D eigenvalue weighted by Gasteiger charge is -2.11. The van der Waals surface area contributed by atoms with E-state index in [1.54, 1.807) is 13.4 Å². The molecular weight excluding hydrogens is 348 g/mol. The van der Waals surface area contributed by atoms with Crippen LogP contribution in [0.1, 0.15) is 11.1 Å². The van der Waals surface area contributed by atoms with Gasteiger partial charge in [0.2, 0.25) is 0 Å². The van der Waals surface area contributed by atoms with Crippen molar-refractivity contribution in [2.24, 2.45) is 0 Å². The molecule has 0 aliphatic rings. The largest absolute Gasteiger partial charge is 0.504 e. The van der Waals surface area contributed by atoms with Crippen molar-refractivity contribution in [1.29, 1.82) is 0 Å². The molecule has 0 saturated carbocycles. The summed E-state index contributed by atoms with van der Waals surface area (Å²) in [6, 6.07) is 27.1. The van der Waals surface area contributed by atoms with Gasteiger partial charge in [-0.25, -0.2) is 0 Å². The third-order valence-corrected chi connectivity index (χ3v) is 4.39. The third kappa shape index (κ3) is 3.54. The Hall–Kier alpha value is -2.32. The summed E-state index contributed by atoms with van der Waals surface area (Å²) in [6.45, 7) is 0. The van der Waals surface area contributed by atoms with Gasteiger partial charge in [0.1, 0.15) is 0 Å². The number of methoxy groups -OCH3 is 1. The molecule has 0 aromatic heterocycles. The van der Waals surface area contributed by atoms with E-state index in [0.29, 0.717) is 0 Å². The van der Waals surface area contributed by atoms with E-state index < -0.39 is 0 Å². The van der Waals surface area contributed by atoms with Gasteiger partial charge in [0.05, 0.1) is 13.4 Å². The first kappa shape index (κ1) is 15.6. The molecule has 3 aromatic rings. The molecule has 0 amide bonds. The van der Waals surface area contributed by atoms with E-state index >= 15 is 0 Å². The standard InChI is InChI=1S/C21H17BrO/c1-23-15-20(19-9-5-6-10-21(19)22)18-13-11-17(12-14-18)16-7-3-2-4-8-16/h2-15H,1H3/b20-15+. The van der Waals surface area contributed by atoms with E-state index in [2.05, 4.69) is 70.5 Å². The van der Waals surface area contributed by atoms with Crippen molar-refractivity contribution in [2.45, 2.75) is 0 Å². The molecule has 23 heavy (non-hydrogen) atoms. The van der Waals surface area contributed by atoms with Gasteiger partial charge in [-0.15, -0.1) is 0 Å². The molecule has 114 valence electrons. The van der Waals surface area contributed by atoms with Crippen molar-refractivity contribution >= 4 is 21.5 Å². The summed E-state index contributed by atoms with van der Waals surface area (Å²) in [7, 11) is 1.68. The lowest BCUT2D eigenvalue weighted by atomic mass is 9.96. The van der Waals surface area contributed by atoms with E-state index in [4.69, 9.17) is 4.74 Å². The van der Waals surface area contributed by atoms with Gasteiger partial charge in [-0.3, -0.25) is 0 Å². The fourth-order valence-electron chi connectivity index (χ4n) is 2.56. The van der Waals surface area contributed by atoms with Crippen LogP contribution >= 0.6 is 15.9 Å². The Bertz CT molecular complexity index is 805. The molecule has 0 unspecified atom stereocenters. The molecule has 0 spiro atoms. The Kier molecular flexibility index (Phi) is 4.94. The summed E-state index contributed by atoms with van der Waals surface area (Å²) in [4.78, 5) is 0. The fraction of sp³-hybridized carbons (Fsp3) is 0.0476. The SMILES string of the molecule is CO/C=C(\c1ccc(-c2ccccc2)cc1)c1ccccc1Br. The lowest BCUT2D eigenvalue weighted by Crippen LogP contribution is -1.91. The highest BCUT2D eigenvalue weighted by atomic mass is 79.9. The van der Waals surface area contributed by atoms with Crippen molar-refractivity contribution in [3.63, 3.8) is 0 Å². The molecule has 0 heterocycles. The van der Waals surface area contributed by atoms with E-state index in [1.165, 1.54) is 11.1 Å². The predicted octanol–water partition coefficient (Wildman–Crippen LogP) is 6.15. The number of benzene rings is 3. The smallest absolute Gasteiger partial charge is 0.0909 e.